The molecule has 0 atom stereocenters. The number of anilines is 2. The molecule has 2 aliphatic heterocycles. The molecule has 0 amide bonds. The van der Waals surface area contributed by atoms with E-state index in [9.17, 15) is 0 Å². The fourth-order valence-corrected chi connectivity index (χ4v) is 3.77. The van der Waals surface area contributed by atoms with Crippen molar-refractivity contribution in [3.63, 3.8) is 0 Å². The third-order valence-electron chi connectivity index (χ3n) is 4.75. The molecule has 138 valence electrons. The first kappa shape index (κ1) is 17.8. The Labute approximate surface area is 167 Å². The highest BCUT2D eigenvalue weighted by Gasteiger charge is 2.21. The molecule has 26 heavy (non-hydrogen) atoms. The number of aromatic nitrogens is 4. The Balaban J connectivity index is 1.73. The molecule has 7 nitrogen and oxygen atoms in total. The minimum absolute atomic E-state index is 0.652. The van der Waals surface area contributed by atoms with Gasteiger partial charge < -0.3 is 14.5 Å². The van der Waals surface area contributed by atoms with Crippen molar-refractivity contribution in [1.82, 2.24) is 19.9 Å². The standard InChI is InChI=1S/C18H23IN6O/c19-14-5-6-20-15(13-14)16-21-17(24-7-3-1-2-4-8-24)23-18(22-16)25-9-11-26-12-10-25/h5-6,13H,1-4,7-12H2. The number of halogens is 1. The molecule has 0 spiro atoms. The highest BCUT2D eigenvalue weighted by atomic mass is 127. The van der Waals surface area contributed by atoms with Gasteiger partial charge in [0, 0.05) is 35.9 Å². The van der Waals surface area contributed by atoms with Gasteiger partial charge in [-0.3, -0.25) is 4.98 Å². The van der Waals surface area contributed by atoms with Gasteiger partial charge in [-0.25, -0.2) is 0 Å². The second kappa shape index (κ2) is 8.43. The third-order valence-corrected chi connectivity index (χ3v) is 5.42. The molecule has 0 bridgehead atoms. The summed E-state index contributed by atoms with van der Waals surface area (Å²) in [5.41, 5.74) is 0.796. The van der Waals surface area contributed by atoms with Crippen molar-refractivity contribution in [3.05, 3.63) is 21.9 Å². The summed E-state index contributed by atoms with van der Waals surface area (Å²) in [5.74, 6) is 2.16. The molecule has 4 rings (SSSR count). The highest BCUT2D eigenvalue weighted by Crippen LogP contribution is 2.23. The van der Waals surface area contributed by atoms with Gasteiger partial charge in [0.15, 0.2) is 5.82 Å². The van der Waals surface area contributed by atoms with Crippen molar-refractivity contribution >= 4 is 34.5 Å². The van der Waals surface area contributed by atoms with Crippen LogP contribution < -0.4 is 9.80 Å². The van der Waals surface area contributed by atoms with E-state index < -0.39 is 0 Å². The molecular formula is C18H23IN6O. The fraction of sp³-hybridized carbons (Fsp3) is 0.556. The third kappa shape index (κ3) is 4.22. The molecule has 2 aromatic rings. The van der Waals surface area contributed by atoms with Crippen molar-refractivity contribution in [3.8, 4) is 11.5 Å². The molecule has 2 fully saturated rings. The average Bonchev–Trinajstić information content (AvgIpc) is 2.98. The van der Waals surface area contributed by atoms with Gasteiger partial charge in [0.05, 0.1) is 13.2 Å². The topological polar surface area (TPSA) is 67.3 Å². The van der Waals surface area contributed by atoms with Gasteiger partial charge in [-0.15, -0.1) is 0 Å². The van der Waals surface area contributed by atoms with E-state index in [-0.39, 0.29) is 0 Å². The quantitative estimate of drug-likeness (QED) is 0.645. The van der Waals surface area contributed by atoms with Crippen LogP contribution in [-0.2, 0) is 4.74 Å². The predicted molar refractivity (Wildman–Crippen MR) is 109 cm³/mol. The van der Waals surface area contributed by atoms with Crippen LogP contribution >= 0.6 is 22.6 Å². The predicted octanol–water partition coefficient (Wildman–Crippen LogP) is 2.76. The van der Waals surface area contributed by atoms with E-state index >= 15 is 0 Å². The molecule has 0 saturated carbocycles. The summed E-state index contributed by atoms with van der Waals surface area (Å²) in [6, 6.07) is 4.00. The van der Waals surface area contributed by atoms with Crippen molar-refractivity contribution in [2.75, 3.05) is 49.2 Å². The molecule has 2 saturated heterocycles. The minimum Gasteiger partial charge on any atom is -0.378 e. The van der Waals surface area contributed by atoms with E-state index in [1.807, 2.05) is 12.1 Å². The van der Waals surface area contributed by atoms with Gasteiger partial charge in [0.2, 0.25) is 11.9 Å². The maximum atomic E-state index is 5.48. The smallest absolute Gasteiger partial charge is 0.230 e. The van der Waals surface area contributed by atoms with Crippen LogP contribution in [-0.4, -0.2) is 59.3 Å². The van der Waals surface area contributed by atoms with Crippen molar-refractivity contribution < 1.29 is 4.74 Å². The summed E-state index contributed by atoms with van der Waals surface area (Å²) in [7, 11) is 0. The first-order valence-corrected chi connectivity index (χ1v) is 10.3. The highest BCUT2D eigenvalue weighted by molar-refractivity contribution is 14.1. The van der Waals surface area contributed by atoms with E-state index in [2.05, 4.69) is 37.4 Å². The largest absolute Gasteiger partial charge is 0.378 e. The molecule has 8 heteroatoms. The summed E-state index contributed by atoms with van der Waals surface area (Å²) in [5, 5.41) is 0. The van der Waals surface area contributed by atoms with Crippen LogP contribution in [0.3, 0.4) is 0 Å². The molecule has 2 aromatic heterocycles. The van der Waals surface area contributed by atoms with Gasteiger partial charge in [-0.1, -0.05) is 12.8 Å². The van der Waals surface area contributed by atoms with E-state index in [0.29, 0.717) is 19.0 Å². The number of hydrogen-bond acceptors (Lipinski definition) is 7. The van der Waals surface area contributed by atoms with E-state index in [0.717, 1.165) is 47.3 Å². The van der Waals surface area contributed by atoms with Crippen molar-refractivity contribution in [2.24, 2.45) is 0 Å². The van der Waals surface area contributed by atoms with Crippen LogP contribution in [0.25, 0.3) is 11.5 Å². The number of ether oxygens (including phenoxy) is 1. The lowest BCUT2D eigenvalue weighted by Gasteiger charge is -2.28. The monoisotopic (exact) mass is 466 g/mol. The zero-order valence-corrected chi connectivity index (χ0v) is 16.9. The first-order valence-electron chi connectivity index (χ1n) is 9.25. The van der Waals surface area contributed by atoms with Gasteiger partial charge in [0.25, 0.3) is 0 Å². The lowest BCUT2D eigenvalue weighted by Crippen LogP contribution is -2.38. The van der Waals surface area contributed by atoms with Crippen molar-refractivity contribution in [2.45, 2.75) is 25.7 Å². The molecule has 4 heterocycles. The lowest BCUT2D eigenvalue weighted by molar-refractivity contribution is 0.122. The molecule has 0 unspecified atom stereocenters. The van der Waals surface area contributed by atoms with Crippen LogP contribution in [0.15, 0.2) is 18.3 Å². The second-order valence-electron chi connectivity index (χ2n) is 6.62. The van der Waals surface area contributed by atoms with Crippen molar-refractivity contribution in [1.29, 1.82) is 0 Å². The summed E-state index contributed by atoms with van der Waals surface area (Å²) in [6.07, 6.45) is 6.75. The molecule has 0 N–H and O–H groups in total. The number of hydrogen-bond donors (Lipinski definition) is 0. The maximum Gasteiger partial charge on any atom is 0.230 e. The minimum atomic E-state index is 0.652. The maximum absolute atomic E-state index is 5.48. The fourth-order valence-electron chi connectivity index (χ4n) is 3.31. The van der Waals surface area contributed by atoms with Crippen LogP contribution in [0.2, 0.25) is 0 Å². The Morgan fingerprint density at radius 3 is 2.15 bits per heavy atom. The summed E-state index contributed by atoms with van der Waals surface area (Å²) in [6.45, 7) is 5.05. The normalized spacial score (nSPS) is 18.7. The number of pyridine rings is 1. The van der Waals surface area contributed by atoms with E-state index in [4.69, 9.17) is 19.7 Å². The van der Waals surface area contributed by atoms with Gasteiger partial charge in [-0.05, 0) is 47.6 Å². The first-order chi connectivity index (χ1) is 12.8. The zero-order valence-electron chi connectivity index (χ0n) is 14.8. The Kier molecular flexibility index (Phi) is 5.78. The van der Waals surface area contributed by atoms with Crippen LogP contribution in [0.4, 0.5) is 11.9 Å². The van der Waals surface area contributed by atoms with Crippen LogP contribution in [0, 0.1) is 3.57 Å². The molecule has 2 aliphatic rings. The van der Waals surface area contributed by atoms with Crippen LogP contribution in [0.5, 0.6) is 0 Å². The second-order valence-corrected chi connectivity index (χ2v) is 7.86. The molecule has 0 aromatic carbocycles. The van der Waals surface area contributed by atoms with Crippen LogP contribution in [0.1, 0.15) is 25.7 Å². The Bertz CT molecular complexity index is 744. The summed E-state index contributed by atoms with van der Waals surface area (Å²) in [4.78, 5) is 23.3. The Morgan fingerprint density at radius 1 is 0.846 bits per heavy atom. The van der Waals surface area contributed by atoms with Gasteiger partial charge in [-0.2, -0.15) is 15.0 Å². The number of rotatable bonds is 3. The van der Waals surface area contributed by atoms with E-state index in [1.165, 1.54) is 25.7 Å². The van der Waals surface area contributed by atoms with E-state index in [1.54, 1.807) is 6.20 Å². The lowest BCUT2D eigenvalue weighted by atomic mass is 10.2. The number of morpholine rings is 1. The Hall–Kier alpha value is -1.55. The Morgan fingerprint density at radius 2 is 1.50 bits per heavy atom. The van der Waals surface area contributed by atoms with Gasteiger partial charge >= 0.3 is 0 Å². The molecular weight excluding hydrogens is 443 g/mol. The zero-order chi connectivity index (χ0) is 17.8. The van der Waals surface area contributed by atoms with Gasteiger partial charge in [0.1, 0.15) is 5.69 Å². The number of nitrogens with zero attached hydrogens (tertiary/aromatic N) is 6. The SMILES string of the molecule is Ic1ccnc(-c2nc(N3CCCCCC3)nc(N3CCOCC3)n2)c1. The summed E-state index contributed by atoms with van der Waals surface area (Å²) >= 11 is 2.29. The molecule has 0 aliphatic carbocycles. The summed E-state index contributed by atoms with van der Waals surface area (Å²) < 4.78 is 6.60. The molecule has 0 radical (unpaired) electrons. The average molecular weight is 466 g/mol.